The molecule has 3 rings (SSSR count). The molecule has 0 unspecified atom stereocenters. The minimum Gasteiger partial charge on any atom is -0.337 e. The van der Waals surface area contributed by atoms with E-state index in [2.05, 4.69) is 9.97 Å². The van der Waals surface area contributed by atoms with Crippen molar-refractivity contribution in [3.63, 3.8) is 0 Å². The number of anilines is 1. The average molecular weight is 345 g/mol. The lowest BCUT2D eigenvalue weighted by molar-refractivity contribution is 0.162. The predicted molar refractivity (Wildman–Crippen MR) is 82.0 cm³/mol. The summed E-state index contributed by atoms with van der Waals surface area (Å²) in [4.78, 5) is 23.9. The molecule has 2 aliphatic heterocycles. The Hall–Kier alpha value is -1.41. The molecule has 1 aromatic heterocycles. The van der Waals surface area contributed by atoms with Gasteiger partial charge in [-0.15, -0.1) is 0 Å². The molecule has 3 heterocycles. The van der Waals surface area contributed by atoms with Crippen molar-refractivity contribution in [3.8, 4) is 0 Å². The fraction of sp³-hybridized carbons (Fsp3) is 0.615. The fourth-order valence-corrected chi connectivity index (χ4v) is 4.90. The number of nitrogens with zero attached hydrogens (tertiary/aromatic N) is 4. The summed E-state index contributed by atoms with van der Waals surface area (Å²) in [6.45, 7) is 4.96. The number of piperazine rings is 1. The van der Waals surface area contributed by atoms with Crippen LogP contribution in [0.15, 0.2) is 11.1 Å². The zero-order valence-electron chi connectivity index (χ0n) is 12.4. The first-order chi connectivity index (χ1) is 10.3. The number of aryl methyl sites for hydroxylation is 1. The molecule has 1 fully saturated rings. The van der Waals surface area contributed by atoms with Crippen LogP contribution in [-0.2, 0) is 16.3 Å². The summed E-state index contributed by atoms with van der Waals surface area (Å²) in [7, 11) is -3.21. The largest absolute Gasteiger partial charge is 0.337 e. The lowest BCUT2D eigenvalue weighted by Crippen LogP contribution is -2.57. The van der Waals surface area contributed by atoms with Gasteiger partial charge in [0.2, 0.25) is 5.95 Å². The zero-order valence-corrected chi connectivity index (χ0v) is 13.9. The minimum atomic E-state index is -3.21. The van der Waals surface area contributed by atoms with E-state index in [9.17, 15) is 13.2 Å². The van der Waals surface area contributed by atoms with Crippen molar-refractivity contribution in [1.82, 2.24) is 14.9 Å². The predicted octanol–water partition coefficient (Wildman–Crippen LogP) is 1.06. The van der Waals surface area contributed by atoms with Gasteiger partial charge in [0, 0.05) is 31.6 Å². The second-order valence-corrected chi connectivity index (χ2v) is 8.21. The maximum atomic E-state index is 11.8. The molecule has 7 nitrogen and oxygen atoms in total. The maximum Gasteiger partial charge on any atom is 0.316 e. The molecule has 0 radical (unpaired) electrons. The molecule has 0 N–H and O–H groups in total. The number of hydrogen-bond donors (Lipinski definition) is 0. The van der Waals surface area contributed by atoms with E-state index in [4.69, 9.17) is 11.6 Å². The van der Waals surface area contributed by atoms with E-state index >= 15 is 0 Å². The highest BCUT2D eigenvalue weighted by Crippen LogP contribution is 2.27. The number of fused-ring (bicyclic) bond motifs is 1. The van der Waals surface area contributed by atoms with Gasteiger partial charge in [0.1, 0.15) is 4.90 Å². The average Bonchev–Trinajstić information content (AvgIpc) is 2.73. The molecule has 1 aromatic rings. The van der Waals surface area contributed by atoms with Crippen LogP contribution in [0.2, 0.25) is 0 Å². The number of aromatic nitrogens is 2. The molecule has 1 saturated heterocycles. The third-order valence-corrected chi connectivity index (χ3v) is 6.11. The van der Waals surface area contributed by atoms with Gasteiger partial charge in [-0.25, -0.2) is 18.4 Å². The zero-order chi connectivity index (χ0) is 16.1. The Labute approximate surface area is 134 Å². The molecule has 0 bridgehead atoms. The monoisotopic (exact) mass is 344 g/mol. The van der Waals surface area contributed by atoms with Gasteiger partial charge in [0.25, 0.3) is 0 Å². The summed E-state index contributed by atoms with van der Waals surface area (Å²) in [5.41, 5.74) is 0.584. The third kappa shape index (κ3) is 2.54. The first kappa shape index (κ1) is 15.5. The van der Waals surface area contributed by atoms with E-state index in [1.165, 1.54) is 6.20 Å². The highest BCUT2D eigenvalue weighted by atomic mass is 35.5. The van der Waals surface area contributed by atoms with E-state index in [1.807, 2.05) is 18.7 Å². The Morgan fingerprint density at radius 2 is 1.95 bits per heavy atom. The highest BCUT2D eigenvalue weighted by Gasteiger charge is 2.34. The first-order valence-electron chi connectivity index (χ1n) is 7.11. The smallest absolute Gasteiger partial charge is 0.316 e. The summed E-state index contributed by atoms with van der Waals surface area (Å²) in [6, 6.07) is -0.122. The van der Waals surface area contributed by atoms with E-state index in [0.717, 1.165) is 0 Å². The van der Waals surface area contributed by atoms with Crippen LogP contribution in [0.1, 0.15) is 19.5 Å². The van der Waals surface area contributed by atoms with Gasteiger partial charge in [-0.1, -0.05) is 0 Å². The van der Waals surface area contributed by atoms with Crippen molar-refractivity contribution < 1.29 is 13.2 Å². The Balaban J connectivity index is 1.86. The van der Waals surface area contributed by atoms with Crippen LogP contribution in [0.5, 0.6) is 0 Å². The molecule has 1 amide bonds. The minimum absolute atomic E-state index is 0.0608. The number of halogens is 1. The van der Waals surface area contributed by atoms with Crippen molar-refractivity contribution in [2.45, 2.75) is 37.2 Å². The molecule has 0 saturated carbocycles. The molecule has 22 heavy (non-hydrogen) atoms. The van der Waals surface area contributed by atoms with Crippen LogP contribution in [-0.4, -0.2) is 59.6 Å². The molecule has 120 valence electrons. The first-order valence-corrected chi connectivity index (χ1v) is 9.14. The quantitative estimate of drug-likeness (QED) is 0.559. The van der Waals surface area contributed by atoms with Crippen LogP contribution in [0.25, 0.3) is 0 Å². The Morgan fingerprint density at radius 3 is 2.55 bits per heavy atom. The topological polar surface area (TPSA) is 83.5 Å². The van der Waals surface area contributed by atoms with Crippen molar-refractivity contribution in [3.05, 3.63) is 11.9 Å². The van der Waals surface area contributed by atoms with Crippen LogP contribution >= 0.6 is 11.6 Å². The molecule has 0 aliphatic carbocycles. The van der Waals surface area contributed by atoms with Crippen LogP contribution in [0.3, 0.4) is 0 Å². The maximum absolute atomic E-state index is 11.8. The Bertz CT molecular complexity index is 712. The van der Waals surface area contributed by atoms with Crippen LogP contribution in [0, 0.1) is 0 Å². The third-order valence-electron chi connectivity index (χ3n) is 4.16. The summed E-state index contributed by atoms with van der Waals surface area (Å²) in [6.07, 6.45) is 1.83. The SMILES string of the molecule is C[C@@H]1CN(c2ncc3c(n2)CCS3(=O)=O)C[C@H](C)N1C(=O)Cl. The van der Waals surface area contributed by atoms with E-state index < -0.39 is 15.2 Å². The summed E-state index contributed by atoms with van der Waals surface area (Å²) < 4.78 is 23.6. The van der Waals surface area contributed by atoms with E-state index in [0.29, 0.717) is 31.2 Å². The van der Waals surface area contributed by atoms with Crippen LogP contribution in [0.4, 0.5) is 10.7 Å². The van der Waals surface area contributed by atoms with Crippen molar-refractivity contribution in [1.29, 1.82) is 0 Å². The Morgan fingerprint density at radius 1 is 1.32 bits per heavy atom. The van der Waals surface area contributed by atoms with Gasteiger partial charge in [-0.2, -0.15) is 0 Å². The molecule has 2 aliphatic rings. The molecular weight excluding hydrogens is 328 g/mol. The number of carbonyl (C=O) groups is 1. The van der Waals surface area contributed by atoms with Crippen LogP contribution < -0.4 is 4.90 Å². The fourth-order valence-electron chi connectivity index (χ4n) is 3.16. The normalized spacial score (nSPS) is 26.9. The van der Waals surface area contributed by atoms with Gasteiger partial charge < -0.3 is 9.80 Å². The Kier molecular flexibility index (Phi) is 3.76. The van der Waals surface area contributed by atoms with Crippen molar-refractivity contribution >= 4 is 32.8 Å². The van der Waals surface area contributed by atoms with Crippen molar-refractivity contribution in [2.24, 2.45) is 0 Å². The lowest BCUT2D eigenvalue weighted by Gasteiger charge is -2.43. The van der Waals surface area contributed by atoms with Gasteiger partial charge in [0.15, 0.2) is 9.84 Å². The standard InChI is InChI=1S/C13H17ClN4O3S/c1-8-6-17(7-9(2)18(8)12(14)19)13-15-5-11-10(16-13)3-4-22(11,20)21/h5,8-9H,3-4,6-7H2,1-2H3/t8-,9+. The van der Waals surface area contributed by atoms with Gasteiger partial charge in [0.05, 0.1) is 17.6 Å². The van der Waals surface area contributed by atoms with Gasteiger partial charge >= 0.3 is 5.37 Å². The van der Waals surface area contributed by atoms with E-state index in [1.54, 1.807) is 4.90 Å². The summed E-state index contributed by atoms with van der Waals surface area (Å²) in [5, 5.41) is -0.458. The number of carbonyl (C=O) groups excluding carboxylic acids is 1. The molecule has 0 spiro atoms. The molecule has 9 heteroatoms. The number of sulfone groups is 1. The molecule has 0 aromatic carbocycles. The number of amides is 1. The second-order valence-electron chi connectivity index (χ2n) is 5.81. The highest BCUT2D eigenvalue weighted by molar-refractivity contribution is 7.91. The molecule has 2 atom stereocenters. The van der Waals surface area contributed by atoms with Crippen molar-refractivity contribution in [2.75, 3.05) is 23.7 Å². The summed E-state index contributed by atoms with van der Waals surface area (Å²) >= 11 is 5.62. The molecular formula is C13H17ClN4O3S. The number of rotatable bonds is 1. The van der Waals surface area contributed by atoms with E-state index in [-0.39, 0.29) is 22.7 Å². The van der Waals surface area contributed by atoms with Gasteiger partial charge in [-0.05, 0) is 25.4 Å². The summed E-state index contributed by atoms with van der Waals surface area (Å²) in [5.74, 6) is 0.609. The van der Waals surface area contributed by atoms with Gasteiger partial charge in [-0.3, -0.25) is 4.79 Å². The number of hydrogen-bond acceptors (Lipinski definition) is 6. The lowest BCUT2D eigenvalue weighted by atomic mass is 10.1. The second kappa shape index (κ2) is 5.34.